The number of aliphatic imine (C=N–C) groups is 2. The van der Waals surface area contributed by atoms with E-state index in [1.54, 1.807) is 0 Å². The first kappa shape index (κ1) is 28.9. The Morgan fingerprint density at radius 3 is 2.17 bits per heavy atom. The van der Waals surface area contributed by atoms with Gasteiger partial charge in [0.2, 0.25) is 5.88 Å². The Kier molecular flexibility index (Phi) is 6.28. The molecular formula is C46H30N4O2. The number of anilines is 1. The number of hydrogen-bond acceptors (Lipinski definition) is 6. The van der Waals surface area contributed by atoms with E-state index in [1.807, 2.05) is 30.3 Å². The van der Waals surface area contributed by atoms with Crippen LogP contribution in [-0.2, 0) is 0 Å². The Bertz CT molecular complexity index is 3020. The number of nitrogens with one attached hydrogen (secondary N) is 2. The number of benzene rings is 7. The first-order valence-corrected chi connectivity index (χ1v) is 17.6. The summed E-state index contributed by atoms with van der Waals surface area (Å²) >= 11 is 0. The molecule has 246 valence electrons. The van der Waals surface area contributed by atoms with Crippen LogP contribution in [-0.4, -0.2) is 18.2 Å². The van der Waals surface area contributed by atoms with Gasteiger partial charge in [-0.15, -0.1) is 0 Å². The molecule has 0 aliphatic carbocycles. The highest BCUT2D eigenvalue weighted by Gasteiger charge is 2.26. The van der Waals surface area contributed by atoms with Gasteiger partial charge in [-0.3, -0.25) is 0 Å². The number of rotatable bonds is 4. The zero-order valence-corrected chi connectivity index (χ0v) is 27.9. The van der Waals surface area contributed by atoms with Crippen molar-refractivity contribution in [2.75, 3.05) is 11.9 Å². The van der Waals surface area contributed by atoms with Crippen LogP contribution in [0.2, 0.25) is 0 Å². The number of amidine groups is 2. The van der Waals surface area contributed by atoms with Gasteiger partial charge in [0.25, 0.3) is 0 Å². The first-order valence-electron chi connectivity index (χ1n) is 17.6. The molecule has 2 aromatic heterocycles. The average molecular weight is 671 g/mol. The van der Waals surface area contributed by atoms with E-state index >= 15 is 0 Å². The summed E-state index contributed by atoms with van der Waals surface area (Å²) in [7, 11) is 0. The Hall–Kier alpha value is -6.92. The molecule has 1 atom stereocenters. The molecule has 0 saturated heterocycles. The summed E-state index contributed by atoms with van der Waals surface area (Å²) in [5.74, 6) is 2.32. The van der Waals surface area contributed by atoms with Gasteiger partial charge >= 0.3 is 0 Å². The molecule has 0 radical (unpaired) electrons. The van der Waals surface area contributed by atoms with E-state index in [4.69, 9.17) is 18.8 Å². The van der Waals surface area contributed by atoms with Crippen molar-refractivity contribution < 1.29 is 8.83 Å². The lowest BCUT2D eigenvalue weighted by Gasteiger charge is -2.24. The molecule has 6 nitrogen and oxygen atoms in total. The van der Waals surface area contributed by atoms with Crippen LogP contribution in [0.25, 0.3) is 71.7 Å². The van der Waals surface area contributed by atoms with Gasteiger partial charge in [0.05, 0.1) is 0 Å². The van der Waals surface area contributed by atoms with Gasteiger partial charge in [0.15, 0.2) is 6.17 Å². The summed E-state index contributed by atoms with van der Waals surface area (Å²) in [4.78, 5) is 10.8. The van der Waals surface area contributed by atoms with Gasteiger partial charge in [0.1, 0.15) is 28.4 Å². The third kappa shape index (κ3) is 4.51. The maximum Gasteiger partial charge on any atom is 0.201 e. The number of hydrogen-bond donors (Lipinski definition) is 2. The van der Waals surface area contributed by atoms with E-state index in [0.29, 0.717) is 0 Å². The van der Waals surface area contributed by atoms with Crippen LogP contribution in [0.1, 0.15) is 28.4 Å². The monoisotopic (exact) mass is 670 g/mol. The summed E-state index contributed by atoms with van der Waals surface area (Å²) in [5.41, 5.74) is 8.79. The number of nitrogens with zero attached hydrogens (tertiary/aromatic N) is 2. The van der Waals surface area contributed by atoms with Crippen molar-refractivity contribution in [1.29, 1.82) is 0 Å². The fraction of sp³-hybridized carbons (Fsp3) is 0.0435. The van der Waals surface area contributed by atoms with Gasteiger partial charge in [-0.25, -0.2) is 9.98 Å². The van der Waals surface area contributed by atoms with Gasteiger partial charge in [0, 0.05) is 39.4 Å². The second kappa shape index (κ2) is 11.3. The molecule has 0 fully saturated rings. The quantitative estimate of drug-likeness (QED) is 0.195. The van der Waals surface area contributed by atoms with Gasteiger partial charge < -0.3 is 19.5 Å². The summed E-state index contributed by atoms with van der Waals surface area (Å²) in [6, 6.07) is 48.6. The minimum Gasteiger partial charge on any atom is -0.456 e. The largest absolute Gasteiger partial charge is 0.456 e. The van der Waals surface area contributed by atoms with Crippen LogP contribution < -0.4 is 10.6 Å². The Morgan fingerprint density at radius 1 is 0.538 bits per heavy atom. The Labute approximate surface area is 298 Å². The Balaban J connectivity index is 1.15. The van der Waals surface area contributed by atoms with Crippen LogP contribution in [0.3, 0.4) is 0 Å². The predicted octanol–water partition coefficient (Wildman–Crippen LogP) is 11.2. The molecule has 2 N–H and O–H groups in total. The SMILES string of the molecule is C1=Cc2c(oc3cccc(-c4cc(C5N=C(c6ccc7ccccc7c6)NC(c6cccc7oc8ccccc8c67)=N5)cc5ccccc45)c23)NC1. The van der Waals surface area contributed by atoms with Crippen molar-refractivity contribution >= 4 is 78.1 Å². The molecule has 0 amide bonds. The van der Waals surface area contributed by atoms with E-state index < -0.39 is 6.17 Å². The second-order valence-corrected chi connectivity index (χ2v) is 13.4. The molecule has 0 saturated carbocycles. The molecule has 7 aromatic carbocycles. The molecule has 52 heavy (non-hydrogen) atoms. The molecule has 2 aliphatic heterocycles. The van der Waals surface area contributed by atoms with Crippen LogP contribution in [0.5, 0.6) is 0 Å². The molecule has 11 rings (SSSR count). The lowest BCUT2D eigenvalue weighted by atomic mass is 9.91. The van der Waals surface area contributed by atoms with Crippen molar-refractivity contribution in [3.8, 4) is 11.1 Å². The normalized spacial score (nSPS) is 15.5. The zero-order valence-electron chi connectivity index (χ0n) is 27.9. The smallest absolute Gasteiger partial charge is 0.201 e. The zero-order chi connectivity index (χ0) is 34.2. The Morgan fingerprint density at radius 2 is 1.27 bits per heavy atom. The van der Waals surface area contributed by atoms with Crippen LogP contribution in [0, 0.1) is 0 Å². The van der Waals surface area contributed by atoms with Gasteiger partial charge in [-0.1, -0.05) is 115 Å². The van der Waals surface area contributed by atoms with E-state index in [2.05, 4.69) is 132 Å². The van der Waals surface area contributed by atoms with Gasteiger partial charge in [-0.05, 0) is 74.6 Å². The molecule has 2 aliphatic rings. The molecule has 9 aromatic rings. The minimum atomic E-state index is -0.520. The van der Waals surface area contributed by atoms with Crippen LogP contribution in [0.15, 0.2) is 164 Å². The third-order valence-electron chi connectivity index (χ3n) is 10.3. The number of fused-ring (bicyclic) bond motifs is 8. The fourth-order valence-corrected chi connectivity index (χ4v) is 7.91. The number of para-hydroxylation sites is 1. The maximum atomic E-state index is 6.31. The van der Waals surface area contributed by atoms with Crippen LogP contribution >= 0.6 is 0 Å². The summed E-state index contributed by atoms with van der Waals surface area (Å²) < 4.78 is 12.6. The molecule has 4 heterocycles. The fourth-order valence-electron chi connectivity index (χ4n) is 7.91. The summed E-state index contributed by atoms with van der Waals surface area (Å²) in [6.45, 7) is 0.747. The van der Waals surface area contributed by atoms with Gasteiger partial charge in [-0.2, -0.15) is 0 Å². The van der Waals surface area contributed by atoms with Crippen molar-refractivity contribution in [3.63, 3.8) is 0 Å². The summed E-state index contributed by atoms with van der Waals surface area (Å²) in [6.07, 6.45) is 3.78. The van der Waals surface area contributed by atoms with Crippen molar-refractivity contribution in [3.05, 3.63) is 168 Å². The highest BCUT2D eigenvalue weighted by molar-refractivity contribution is 6.23. The number of furan rings is 2. The van der Waals surface area contributed by atoms with E-state index in [1.165, 1.54) is 5.39 Å². The van der Waals surface area contributed by atoms with Crippen molar-refractivity contribution in [2.45, 2.75) is 6.17 Å². The molecular weight excluding hydrogens is 641 g/mol. The first-order chi connectivity index (χ1) is 25.7. The molecule has 0 bridgehead atoms. The minimum absolute atomic E-state index is 0.520. The van der Waals surface area contributed by atoms with E-state index in [0.717, 1.165) is 107 Å². The van der Waals surface area contributed by atoms with E-state index in [-0.39, 0.29) is 0 Å². The highest BCUT2D eigenvalue weighted by atomic mass is 16.4. The average Bonchev–Trinajstić information content (AvgIpc) is 3.79. The standard InChI is InChI=1S/C46H30N4O2/c1-2-11-28-24-30(22-21-27(28)10-1)43-48-44(50-45(49-43)35-16-8-19-39-42(35)34-14-5-6-18-38(34)51-39)31-25-29-12-3-4-13-32(29)37(26-31)33-15-7-20-40-41(33)36-17-9-23-47-46(36)52-40/h1-22,24-26,44,47H,23H2,(H,48,49,50). The van der Waals surface area contributed by atoms with Crippen LogP contribution in [0.4, 0.5) is 5.88 Å². The predicted molar refractivity (Wildman–Crippen MR) is 213 cm³/mol. The third-order valence-corrected chi connectivity index (χ3v) is 10.3. The maximum absolute atomic E-state index is 6.31. The lowest BCUT2D eigenvalue weighted by molar-refractivity contribution is 0.628. The highest BCUT2D eigenvalue weighted by Crippen LogP contribution is 2.43. The molecule has 6 heteroatoms. The second-order valence-electron chi connectivity index (χ2n) is 13.4. The van der Waals surface area contributed by atoms with Crippen molar-refractivity contribution in [2.24, 2.45) is 9.98 Å². The van der Waals surface area contributed by atoms with Crippen molar-refractivity contribution in [1.82, 2.24) is 5.32 Å². The molecule has 0 spiro atoms. The lowest BCUT2D eigenvalue weighted by Crippen LogP contribution is -2.36. The van der Waals surface area contributed by atoms with E-state index in [9.17, 15) is 0 Å². The molecule has 1 unspecified atom stereocenters. The topological polar surface area (TPSA) is 75.1 Å². The summed E-state index contributed by atoms with van der Waals surface area (Å²) in [5, 5.41) is 14.9.